The zero-order valence-electron chi connectivity index (χ0n) is 13.4. The second-order valence-corrected chi connectivity index (χ2v) is 5.09. The molecule has 24 heavy (non-hydrogen) atoms. The van der Waals surface area contributed by atoms with E-state index >= 15 is 0 Å². The molecule has 0 aliphatic rings. The fraction of sp³-hybridized carbons (Fsp3) is 0.353. The van der Waals surface area contributed by atoms with E-state index in [9.17, 15) is 14.4 Å². The van der Waals surface area contributed by atoms with Crippen LogP contribution in [0.25, 0.3) is 11.0 Å². The van der Waals surface area contributed by atoms with E-state index in [1.807, 2.05) is 0 Å². The first-order valence-corrected chi connectivity index (χ1v) is 7.45. The van der Waals surface area contributed by atoms with Gasteiger partial charge in [-0.1, -0.05) is 0 Å². The first kappa shape index (κ1) is 17.5. The number of rotatable bonds is 7. The van der Waals surface area contributed by atoms with E-state index in [2.05, 4.69) is 0 Å². The van der Waals surface area contributed by atoms with E-state index in [0.717, 1.165) is 5.39 Å². The van der Waals surface area contributed by atoms with Crippen LogP contribution in [0.15, 0.2) is 39.5 Å². The number of ether oxygens (including phenoxy) is 3. The third-order valence-corrected chi connectivity index (χ3v) is 3.05. The summed E-state index contributed by atoms with van der Waals surface area (Å²) in [4.78, 5) is 33.2. The average Bonchev–Trinajstić information content (AvgIpc) is 2.50. The minimum atomic E-state index is -0.828. The molecule has 1 heterocycles. The zero-order chi connectivity index (χ0) is 17.5. The summed E-state index contributed by atoms with van der Waals surface area (Å²) in [6, 6.07) is 7.95. The SMILES string of the molecule is CC(=O)OCCCC(OC(C)=O)Oc1ccc2ccc(=O)oc2c1. The molecule has 0 spiro atoms. The summed E-state index contributed by atoms with van der Waals surface area (Å²) in [6.45, 7) is 2.81. The molecule has 1 unspecified atom stereocenters. The van der Waals surface area contributed by atoms with Crippen LogP contribution in [0, 0.1) is 0 Å². The predicted molar refractivity (Wildman–Crippen MR) is 84.5 cm³/mol. The Morgan fingerprint density at radius 1 is 1.12 bits per heavy atom. The van der Waals surface area contributed by atoms with Crippen LogP contribution in [0.1, 0.15) is 26.7 Å². The Morgan fingerprint density at radius 2 is 1.88 bits per heavy atom. The van der Waals surface area contributed by atoms with Gasteiger partial charge in [-0.05, 0) is 24.6 Å². The van der Waals surface area contributed by atoms with Gasteiger partial charge < -0.3 is 18.6 Å². The van der Waals surface area contributed by atoms with Crippen LogP contribution in [0.5, 0.6) is 5.75 Å². The predicted octanol–water partition coefficient (Wildman–Crippen LogP) is 2.40. The normalized spacial score (nSPS) is 11.8. The first-order valence-electron chi connectivity index (χ1n) is 7.45. The summed E-state index contributed by atoms with van der Waals surface area (Å²) in [5.41, 5.74) is -0.0842. The molecule has 0 saturated heterocycles. The van der Waals surface area contributed by atoms with Gasteiger partial charge in [0.05, 0.1) is 6.61 Å². The van der Waals surface area contributed by atoms with Crippen LogP contribution in [0.4, 0.5) is 0 Å². The Labute approximate surface area is 138 Å². The topological polar surface area (TPSA) is 92.0 Å². The second kappa shape index (κ2) is 8.14. The molecule has 2 aromatic rings. The number of fused-ring (bicyclic) bond motifs is 1. The standard InChI is InChI=1S/C17H18O7/c1-11(18)21-9-3-4-17(22-12(2)19)23-14-7-5-13-6-8-16(20)24-15(13)10-14/h5-8,10,17H,3-4,9H2,1-2H3. The lowest BCUT2D eigenvalue weighted by Gasteiger charge is -2.18. The fourth-order valence-electron chi connectivity index (χ4n) is 2.06. The largest absolute Gasteiger partial charge is 0.466 e. The van der Waals surface area contributed by atoms with Crippen molar-refractivity contribution in [2.75, 3.05) is 6.61 Å². The lowest BCUT2D eigenvalue weighted by molar-refractivity contribution is -0.162. The molecule has 7 nitrogen and oxygen atoms in total. The lowest BCUT2D eigenvalue weighted by Crippen LogP contribution is -2.23. The number of carbonyl (C=O) groups is 2. The van der Waals surface area contributed by atoms with E-state index in [4.69, 9.17) is 18.6 Å². The molecule has 0 radical (unpaired) electrons. The highest BCUT2D eigenvalue weighted by Crippen LogP contribution is 2.21. The van der Waals surface area contributed by atoms with Crippen LogP contribution < -0.4 is 10.4 Å². The highest BCUT2D eigenvalue weighted by Gasteiger charge is 2.14. The summed E-state index contributed by atoms with van der Waals surface area (Å²) in [6.07, 6.45) is -0.00459. The van der Waals surface area contributed by atoms with Gasteiger partial charge in [-0.15, -0.1) is 0 Å². The molecule has 0 N–H and O–H groups in total. The van der Waals surface area contributed by atoms with E-state index < -0.39 is 17.9 Å². The van der Waals surface area contributed by atoms with Gasteiger partial charge in [-0.2, -0.15) is 0 Å². The summed E-state index contributed by atoms with van der Waals surface area (Å²) < 4.78 is 20.7. The Bertz CT molecular complexity index is 778. The number of esters is 2. The van der Waals surface area contributed by atoms with E-state index in [0.29, 0.717) is 24.2 Å². The van der Waals surface area contributed by atoms with Crippen LogP contribution in [-0.4, -0.2) is 24.8 Å². The Hall–Kier alpha value is -2.83. The molecule has 128 valence electrons. The molecule has 1 atom stereocenters. The van der Waals surface area contributed by atoms with E-state index in [1.165, 1.54) is 19.9 Å². The van der Waals surface area contributed by atoms with Gasteiger partial charge in [-0.25, -0.2) is 4.79 Å². The molecule has 1 aromatic heterocycles. The quantitative estimate of drug-likeness (QED) is 0.332. The maximum absolute atomic E-state index is 11.3. The van der Waals surface area contributed by atoms with Gasteiger partial charge in [0, 0.05) is 37.8 Å². The van der Waals surface area contributed by atoms with Crippen molar-refractivity contribution in [3.05, 3.63) is 40.8 Å². The Morgan fingerprint density at radius 3 is 2.58 bits per heavy atom. The molecule has 0 fully saturated rings. The van der Waals surface area contributed by atoms with Crippen molar-refractivity contribution in [2.24, 2.45) is 0 Å². The van der Waals surface area contributed by atoms with Crippen molar-refractivity contribution < 1.29 is 28.2 Å². The molecule has 0 aliphatic heterocycles. The highest BCUT2D eigenvalue weighted by molar-refractivity contribution is 5.77. The molecule has 7 heteroatoms. The summed E-state index contributed by atoms with van der Waals surface area (Å²) >= 11 is 0. The fourth-order valence-corrected chi connectivity index (χ4v) is 2.06. The third-order valence-electron chi connectivity index (χ3n) is 3.05. The first-order chi connectivity index (χ1) is 11.4. The van der Waals surface area contributed by atoms with Crippen molar-refractivity contribution in [3.8, 4) is 5.75 Å². The smallest absolute Gasteiger partial charge is 0.336 e. The monoisotopic (exact) mass is 334 g/mol. The van der Waals surface area contributed by atoms with Crippen molar-refractivity contribution in [2.45, 2.75) is 33.0 Å². The Balaban J connectivity index is 2.05. The van der Waals surface area contributed by atoms with Crippen molar-refractivity contribution in [1.82, 2.24) is 0 Å². The Kier molecular flexibility index (Phi) is 5.95. The molecule has 0 saturated carbocycles. The molecule has 1 aromatic carbocycles. The number of hydrogen-bond donors (Lipinski definition) is 0. The molecule has 0 aliphatic carbocycles. The number of carbonyl (C=O) groups excluding carboxylic acids is 2. The highest BCUT2D eigenvalue weighted by atomic mass is 16.7. The maximum atomic E-state index is 11.3. The summed E-state index contributed by atoms with van der Waals surface area (Å²) in [7, 11) is 0. The number of benzene rings is 1. The third kappa shape index (κ3) is 5.42. The van der Waals surface area contributed by atoms with Crippen LogP contribution in [-0.2, 0) is 19.1 Å². The number of hydrogen-bond acceptors (Lipinski definition) is 7. The van der Waals surface area contributed by atoms with Gasteiger partial charge in [-0.3, -0.25) is 9.59 Å². The van der Waals surface area contributed by atoms with Crippen LogP contribution in [0.2, 0.25) is 0 Å². The molecular weight excluding hydrogens is 316 g/mol. The molecule has 0 bridgehead atoms. The molecule has 0 amide bonds. The molecule has 2 rings (SSSR count). The van der Waals surface area contributed by atoms with E-state index in [-0.39, 0.29) is 12.6 Å². The van der Waals surface area contributed by atoms with Crippen molar-refractivity contribution >= 4 is 22.9 Å². The van der Waals surface area contributed by atoms with Gasteiger partial charge in [0.1, 0.15) is 11.3 Å². The summed E-state index contributed by atoms with van der Waals surface area (Å²) in [5, 5.41) is 0.751. The van der Waals surface area contributed by atoms with Crippen LogP contribution in [0.3, 0.4) is 0 Å². The second-order valence-electron chi connectivity index (χ2n) is 5.09. The lowest BCUT2D eigenvalue weighted by atomic mass is 10.2. The van der Waals surface area contributed by atoms with Gasteiger partial charge in [0.2, 0.25) is 6.29 Å². The van der Waals surface area contributed by atoms with Crippen molar-refractivity contribution in [3.63, 3.8) is 0 Å². The maximum Gasteiger partial charge on any atom is 0.336 e. The minimum absolute atomic E-state index is 0.211. The van der Waals surface area contributed by atoms with Gasteiger partial charge in [0.25, 0.3) is 0 Å². The molecular formula is C17H18O7. The van der Waals surface area contributed by atoms with Crippen molar-refractivity contribution in [1.29, 1.82) is 0 Å². The van der Waals surface area contributed by atoms with Gasteiger partial charge >= 0.3 is 17.6 Å². The minimum Gasteiger partial charge on any atom is -0.466 e. The summed E-state index contributed by atoms with van der Waals surface area (Å²) in [5.74, 6) is -0.458. The van der Waals surface area contributed by atoms with E-state index in [1.54, 1.807) is 24.3 Å². The zero-order valence-corrected chi connectivity index (χ0v) is 13.4. The van der Waals surface area contributed by atoms with Gasteiger partial charge in [0.15, 0.2) is 0 Å². The van der Waals surface area contributed by atoms with Crippen LogP contribution >= 0.6 is 0 Å². The average molecular weight is 334 g/mol.